The maximum atomic E-state index is 13.1. The average Bonchev–Trinajstić information content (AvgIpc) is 2.83. The second-order valence-corrected chi connectivity index (χ2v) is 11.3. The first-order valence-electron chi connectivity index (χ1n) is 12.5. The summed E-state index contributed by atoms with van der Waals surface area (Å²) >= 11 is 0. The van der Waals surface area contributed by atoms with Gasteiger partial charge in [-0.15, -0.1) is 0 Å². The number of carbonyl (C=O) groups excluding carboxylic acids is 1. The summed E-state index contributed by atoms with van der Waals surface area (Å²) in [5.74, 6) is -1.26. The lowest BCUT2D eigenvalue weighted by molar-refractivity contribution is -0.138. The lowest BCUT2D eigenvalue weighted by Gasteiger charge is -2.18. The highest BCUT2D eigenvalue weighted by atomic mass is 32.2. The molecule has 0 spiro atoms. The van der Waals surface area contributed by atoms with E-state index in [-0.39, 0.29) is 23.4 Å². The number of amides is 2. The molecular formula is C29H35N3O5S. The van der Waals surface area contributed by atoms with Gasteiger partial charge in [0.25, 0.3) is 0 Å². The van der Waals surface area contributed by atoms with Crippen molar-refractivity contribution >= 4 is 27.7 Å². The quantitative estimate of drug-likeness (QED) is 0.284. The van der Waals surface area contributed by atoms with Gasteiger partial charge in [0.2, 0.25) is 10.0 Å². The fraction of sp³-hybridized carbons (Fsp3) is 0.310. The number of aliphatic carboxylic acids is 1. The Morgan fingerprint density at radius 3 is 2.13 bits per heavy atom. The van der Waals surface area contributed by atoms with Crippen molar-refractivity contribution in [2.45, 2.75) is 64.4 Å². The first kappa shape index (κ1) is 28.9. The molecule has 3 aromatic carbocycles. The van der Waals surface area contributed by atoms with Gasteiger partial charge in [0.15, 0.2) is 0 Å². The molecule has 4 N–H and O–H groups in total. The van der Waals surface area contributed by atoms with E-state index in [1.807, 2.05) is 51.1 Å². The molecule has 9 heteroatoms. The molecule has 2 atom stereocenters. The average molecular weight is 538 g/mol. The number of rotatable bonds is 10. The van der Waals surface area contributed by atoms with Crippen molar-refractivity contribution < 1.29 is 23.1 Å². The van der Waals surface area contributed by atoms with Crippen LogP contribution in [-0.4, -0.2) is 37.6 Å². The van der Waals surface area contributed by atoms with Crippen molar-refractivity contribution in [3.63, 3.8) is 0 Å². The number of benzene rings is 3. The number of nitrogens with one attached hydrogen (secondary N) is 3. The van der Waals surface area contributed by atoms with Crippen molar-refractivity contribution in [3.05, 3.63) is 82.9 Å². The lowest BCUT2D eigenvalue weighted by Crippen LogP contribution is -2.42. The minimum Gasteiger partial charge on any atom is -0.480 e. The molecule has 38 heavy (non-hydrogen) atoms. The van der Waals surface area contributed by atoms with Crippen LogP contribution in [0.25, 0.3) is 11.1 Å². The maximum Gasteiger partial charge on any atom is 0.322 e. The van der Waals surface area contributed by atoms with Gasteiger partial charge in [-0.25, -0.2) is 13.2 Å². The summed E-state index contributed by atoms with van der Waals surface area (Å²) in [6, 6.07) is 16.6. The van der Waals surface area contributed by atoms with E-state index in [1.54, 1.807) is 44.2 Å². The van der Waals surface area contributed by atoms with Crippen LogP contribution < -0.4 is 15.4 Å². The van der Waals surface area contributed by atoms with Crippen LogP contribution >= 0.6 is 0 Å². The molecule has 3 aromatic rings. The molecule has 3 rings (SSSR count). The zero-order chi connectivity index (χ0) is 28.0. The van der Waals surface area contributed by atoms with Crippen molar-refractivity contribution in [2.75, 3.05) is 5.32 Å². The molecule has 202 valence electrons. The van der Waals surface area contributed by atoms with E-state index in [1.165, 1.54) is 0 Å². The van der Waals surface area contributed by atoms with Crippen molar-refractivity contribution in [1.82, 2.24) is 10.0 Å². The Morgan fingerprint density at radius 2 is 1.55 bits per heavy atom. The third-order valence-electron chi connectivity index (χ3n) is 6.31. The SMILES string of the molecule is CCC(C)NC(=O)Nc1cccc(-c2ccc(C[C@H](NS(=O)(=O)c3c(C)cc(C)cc3C)C(=O)O)cc2)c1. The van der Waals surface area contributed by atoms with Crippen LogP contribution in [0, 0.1) is 20.8 Å². The van der Waals surface area contributed by atoms with E-state index < -0.39 is 22.0 Å². The smallest absolute Gasteiger partial charge is 0.322 e. The highest BCUT2D eigenvalue weighted by Gasteiger charge is 2.28. The second-order valence-electron chi connectivity index (χ2n) is 9.63. The third kappa shape index (κ3) is 7.43. The van der Waals surface area contributed by atoms with Crippen LogP contribution in [-0.2, 0) is 21.2 Å². The molecule has 0 bridgehead atoms. The predicted molar refractivity (Wildman–Crippen MR) is 150 cm³/mol. The summed E-state index contributed by atoms with van der Waals surface area (Å²) < 4.78 is 28.6. The third-order valence-corrected chi connectivity index (χ3v) is 8.08. The molecular weight excluding hydrogens is 502 g/mol. The van der Waals surface area contributed by atoms with Crippen LogP contribution in [0.3, 0.4) is 0 Å². The Hall–Kier alpha value is -3.69. The first-order chi connectivity index (χ1) is 17.9. The van der Waals surface area contributed by atoms with Gasteiger partial charge in [-0.2, -0.15) is 4.72 Å². The van der Waals surface area contributed by atoms with Gasteiger partial charge in [-0.1, -0.05) is 61.0 Å². The van der Waals surface area contributed by atoms with Crippen molar-refractivity contribution in [1.29, 1.82) is 0 Å². The molecule has 0 aliphatic heterocycles. The molecule has 2 amide bonds. The van der Waals surface area contributed by atoms with E-state index in [0.29, 0.717) is 22.4 Å². The topological polar surface area (TPSA) is 125 Å². The molecule has 0 radical (unpaired) electrons. The fourth-order valence-corrected chi connectivity index (χ4v) is 6.00. The monoisotopic (exact) mass is 537 g/mol. The molecule has 0 heterocycles. The zero-order valence-electron chi connectivity index (χ0n) is 22.3. The summed E-state index contributed by atoms with van der Waals surface area (Å²) in [6.45, 7) is 9.21. The fourth-order valence-electron chi connectivity index (χ4n) is 4.35. The minimum atomic E-state index is -4.05. The molecule has 0 aliphatic carbocycles. The van der Waals surface area contributed by atoms with E-state index >= 15 is 0 Å². The van der Waals surface area contributed by atoms with E-state index in [4.69, 9.17) is 0 Å². The van der Waals surface area contributed by atoms with Gasteiger partial charge in [-0.3, -0.25) is 4.79 Å². The molecule has 1 unspecified atom stereocenters. The highest BCUT2D eigenvalue weighted by Crippen LogP contribution is 2.25. The molecule has 0 saturated heterocycles. The summed E-state index contributed by atoms with van der Waals surface area (Å²) in [6.07, 6.45) is 0.811. The largest absolute Gasteiger partial charge is 0.480 e. The Kier molecular flexibility index (Phi) is 9.30. The van der Waals surface area contributed by atoms with Gasteiger partial charge in [0, 0.05) is 11.7 Å². The second kappa shape index (κ2) is 12.2. The van der Waals surface area contributed by atoms with Crippen molar-refractivity contribution in [3.8, 4) is 11.1 Å². The van der Waals surface area contributed by atoms with Gasteiger partial charge >= 0.3 is 12.0 Å². The predicted octanol–water partition coefficient (Wildman–Crippen LogP) is 5.17. The molecule has 0 aliphatic rings. The first-order valence-corrected chi connectivity index (χ1v) is 14.0. The number of urea groups is 1. The van der Waals surface area contributed by atoms with E-state index in [9.17, 15) is 23.1 Å². The minimum absolute atomic E-state index is 0.0177. The maximum absolute atomic E-state index is 13.1. The summed E-state index contributed by atoms with van der Waals surface area (Å²) in [5, 5.41) is 15.5. The number of hydrogen-bond donors (Lipinski definition) is 4. The number of carboxylic acids is 1. The van der Waals surface area contributed by atoms with E-state index in [2.05, 4.69) is 15.4 Å². The molecule has 0 saturated carbocycles. The highest BCUT2D eigenvalue weighted by molar-refractivity contribution is 7.89. The number of aryl methyl sites for hydroxylation is 3. The van der Waals surface area contributed by atoms with Crippen LogP contribution in [0.2, 0.25) is 0 Å². The van der Waals surface area contributed by atoms with E-state index in [0.717, 1.165) is 23.1 Å². The van der Waals surface area contributed by atoms with Crippen LogP contribution in [0.5, 0.6) is 0 Å². The standard InChI is InChI=1S/C29H35N3O5S/c1-6-21(5)30-29(35)31-25-9-7-8-24(17-25)23-12-10-22(11-13-23)16-26(28(33)34)32-38(36,37)27-19(3)14-18(2)15-20(27)4/h7-15,17,21,26,32H,6,16H2,1-5H3,(H,33,34)(H2,30,31,35)/t21?,26-/m0/s1. The van der Waals surface area contributed by atoms with Crippen LogP contribution in [0.15, 0.2) is 65.6 Å². The van der Waals surface area contributed by atoms with Crippen LogP contribution in [0.1, 0.15) is 42.5 Å². The molecule has 8 nitrogen and oxygen atoms in total. The number of sulfonamides is 1. The van der Waals surface area contributed by atoms with Gasteiger partial charge in [-0.05, 0) is 80.5 Å². The zero-order valence-corrected chi connectivity index (χ0v) is 23.1. The molecule has 0 aromatic heterocycles. The number of anilines is 1. The number of carbonyl (C=O) groups is 2. The Balaban J connectivity index is 1.75. The lowest BCUT2D eigenvalue weighted by atomic mass is 10.0. The number of carboxylic acid groups (broad SMARTS) is 1. The molecule has 0 fully saturated rings. The Bertz CT molecular complexity index is 1400. The Labute approximate surface area is 224 Å². The summed E-state index contributed by atoms with van der Waals surface area (Å²) in [5.41, 5.74) is 5.13. The Morgan fingerprint density at radius 1 is 0.921 bits per heavy atom. The van der Waals surface area contributed by atoms with Crippen molar-refractivity contribution in [2.24, 2.45) is 0 Å². The van der Waals surface area contributed by atoms with Crippen LogP contribution in [0.4, 0.5) is 10.5 Å². The number of hydrogen-bond acceptors (Lipinski definition) is 4. The van der Waals surface area contributed by atoms with Gasteiger partial charge < -0.3 is 15.7 Å². The van der Waals surface area contributed by atoms with Gasteiger partial charge in [0.1, 0.15) is 6.04 Å². The summed E-state index contributed by atoms with van der Waals surface area (Å²) in [4.78, 5) is 24.2. The normalized spacial score (nSPS) is 13.0. The summed E-state index contributed by atoms with van der Waals surface area (Å²) in [7, 11) is -4.05. The van der Waals surface area contributed by atoms with Gasteiger partial charge in [0.05, 0.1) is 4.90 Å².